The fraction of sp³-hybridized carbons (Fsp3) is 0.654. The number of aryl methyl sites for hydroxylation is 1. The first-order chi connectivity index (χ1) is 16.7. The maximum atomic E-state index is 13.7. The van der Waals surface area contributed by atoms with Crippen molar-refractivity contribution >= 4 is 22.9 Å². The molecule has 192 valence electrons. The molecule has 2 heterocycles. The summed E-state index contributed by atoms with van der Waals surface area (Å²) in [6.07, 6.45) is 3.62. The summed E-state index contributed by atoms with van der Waals surface area (Å²) in [5.41, 5.74) is 1.53. The summed E-state index contributed by atoms with van der Waals surface area (Å²) < 4.78 is 18.5. The van der Waals surface area contributed by atoms with Crippen molar-refractivity contribution in [2.75, 3.05) is 33.4 Å². The summed E-state index contributed by atoms with van der Waals surface area (Å²) >= 11 is 0. The Kier molecular flexibility index (Phi) is 7.66. The lowest BCUT2D eigenvalue weighted by Gasteiger charge is -2.37. The molecule has 2 amide bonds. The van der Waals surface area contributed by atoms with E-state index in [0.717, 1.165) is 42.3 Å². The van der Waals surface area contributed by atoms with E-state index in [2.05, 4.69) is 30.2 Å². The van der Waals surface area contributed by atoms with E-state index in [1.807, 2.05) is 36.5 Å². The number of ether oxygens (including phenoxy) is 3. The number of benzene rings is 1. The Hall–Kier alpha value is -2.65. The Morgan fingerprint density at radius 1 is 1.29 bits per heavy atom. The molecule has 9 heteroatoms. The smallest absolute Gasteiger partial charge is 0.410 e. The van der Waals surface area contributed by atoms with Crippen LogP contribution in [0.15, 0.2) is 24.4 Å². The van der Waals surface area contributed by atoms with Crippen molar-refractivity contribution in [2.45, 2.75) is 77.3 Å². The van der Waals surface area contributed by atoms with Gasteiger partial charge >= 0.3 is 6.09 Å². The third-order valence-electron chi connectivity index (χ3n) is 6.48. The number of morpholine rings is 1. The van der Waals surface area contributed by atoms with Gasteiger partial charge in [0.25, 0.3) is 5.91 Å². The Morgan fingerprint density at radius 2 is 2.06 bits per heavy atom. The number of carbonyl (C=O) groups excluding carboxylic acids is 2. The van der Waals surface area contributed by atoms with Gasteiger partial charge in [0, 0.05) is 38.2 Å². The standard InChI is InChI=1S/C26H38N4O5/c1-18(19-7-8-20-16-27-29(22(20)15-19)11-6-13-33-5)30(21-9-10-21)24(31)23-17-28(12-14-34-23)25(32)35-26(2,3)4/h7-8,15-16,18,21,23H,6,9-14,17H2,1-5H3/t18?,23-/m1/s1. The molecule has 0 spiro atoms. The number of nitrogens with zero attached hydrogens (tertiary/aromatic N) is 4. The molecule has 1 aromatic carbocycles. The zero-order chi connectivity index (χ0) is 25.2. The Labute approximate surface area is 207 Å². The van der Waals surface area contributed by atoms with E-state index < -0.39 is 17.8 Å². The minimum absolute atomic E-state index is 0.0676. The monoisotopic (exact) mass is 486 g/mol. The lowest BCUT2D eigenvalue weighted by molar-refractivity contribution is -0.151. The Bertz CT molecular complexity index is 1040. The average Bonchev–Trinajstić information content (AvgIpc) is 3.57. The van der Waals surface area contributed by atoms with Crippen molar-refractivity contribution in [3.8, 4) is 0 Å². The highest BCUT2D eigenvalue weighted by atomic mass is 16.6. The molecule has 2 fully saturated rings. The van der Waals surface area contributed by atoms with Crippen LogP contribution in [0.25, 0.3) is 10.9 Å². The van der Waals surface area contributed by atoms with E-state index in [9.17, 15) is 9.59 Å². The molecule has 9 nitrogen and oxygen atoms in total. The van der Waals surface area contributed by atoms with Crippen LogP contribution in [0.5, 0.6) is 0 Å². The van der Waals surface area contributed by atoms with E-state index in [1.165, 1.54) is 0 Å². The van der Waals surface area contributed by atoms with E-state index in [0.29, 0.717) is 19.8 Å². The van der Waals surface area contributed by atoms with Gasteiger partial charge in [-0.1, -0.05) is 12.1 Å². The van der Waals surface area contributed by atoms with Gasteiger partial charge in [0.15, 0.2) is 6.10 Å². The molecule has 2 atom stereocenters. The first-order valence-electron chi connectivity index (χ1n) is 12.5. The van der Waals surface area contributed by atoms with Crippen LogP contribution in [0.4, 0.5) is 4.79 Å². The SMILES string of the molecule is COCCCn1ncc2ccc(C(C)N(C(=O)[C@H]3CN(C(=O)OC(C)(C)C)CCO3)C3CC3)cc21. The average molecular weight is 487 g/mol. The second-order valence-electron chi connectivity index (χ2n) is 10.5. The lowest BCUT2D eigenvalue weighted by atomic mass is 10.0. The summed E-state index contributed by atoms with van der Waals surface area (Å²) in [4.78, 5) is 29.8. The van der Waals surface area contributed by atoms with Crippen molar-refractivity contribution in [2.24, 2.45) is 0 Å². The number of methoxy groups -OCH3 is 1. The molecule has 1 saturated heterocycles. The second kappa shape index (κ2) is 10.5. The molecule has 1 aromatic heterocycles. The van der Waals surface area contributed by atoms with Crippen LogP contribution in [0.3, 0.4) is 0 Å². The molecule has 0 bridgehead atoms. The molecule has 0 radical (unpaired) electrons. The highest BCUT2D eigenvalue weighted by molar-refractivity contribution is 5.84. The number of aromatic nitrogens is 2. The Balaban J connectivity index is 1.50. The van der Waals surface area contributed by atoms with Crippen LogP contribution in [0.1, 0.15) is 58.6 Å². The van der Waals surface area contributed by atoms with Crippen molar-refractivity contribution in [3.63, 3.8) is 0 Å². The third kappa shape index (κ3) is 6.13. The zero-order valence-corrected chi connectivity index (χ0v) is 21.5. The lowest BCUT2D eigenvalue weighted by Crippen LogP contribution is -2.54. The number of hydrogen-bond acceptors (Lipinski definition) is 6. The van der Waals surface area contributed by atoms with Gasteiger partial charge in [0.1, 0.15) is 5.60 Å². The zero-order valence-electron chi connectivity index (χ0n) is 21.5. The van der Waals surface area contributed by atoms with E-state index in [1.54, 1.807) is 12.0 Å². The summed E-state index contributed by atoms with van der Waals surface area (Å²) in [6.45, 7) is 9.98. The maximum Gasteiger partial charge on any atom is 0.410 e. The molecule has 35 heavy (non-hydrogen) atoms. The number of amides is 2. The topological polar surface area (TPSA) is 86.1 Å². The first-order valence-corrected chi connectivity index (χ1v) is 12.5. The van der Waals surface area contributed by atoms with Crippen LogP contribution < -0.4 is 0 Å². The molecule has 1 saturated carbocycles. The maximum absolute atomic E-state index is 13.7. The van der Waals surface area contributed by atoms with Crippen LogP contribution in [-0.4, -0.2) is 82.7 Å². The van der Waals surface area contributed by atoms with Crippen LogP contribution in [-0.2, 0) is 25.5 Å². The van der Waals surface area contributed by atoms with Crippen molar-refractivity contribution in [3.05, 3.63) is 30.0 Å². The summed E-state index contributed by atoms with van der Waals surface area (Å²) in [5, 5.41) is 5.61. The molecule has 1 aliphatic carbocycles. The van der Waals surface area contributed by atoms with Crippen LogP contribution in [0.2, 0.25) is 0 Å². The predicted octanol–water partition coefficient (Wildman–Crippen LogP) is 3.76. The number of hydrogen-bond donors (Lipinski definition) is 0. The van der Waals surface area contributed by atoms with Crippen LogP contribution >= 0.6 is 0 Å². The van der Waals surface area contributed by atoms with Gasteiger partial charge in [-0.25, -0.2) is 4.79 Å². The summed E-state index contributed by atoms with van der Waals surface area (Å²) in [6, 6.07) is 6.35. The van der Waals surface area contributed by atoms with E-state index in [4.69, 9.17) is 14.2 Å². The number of carbonyl (C=O) groups is 2. The minimum atomic E-state index is -0.692. The molecule has 4 rings (SSSR count). The summed E-state index contributed by atoms with van der Waals surface area (Å²) in [7, 11) is 1.70. The Morgan fingerprint density at radius 3 is 2.74 bits per heavy atom. The molecule has 2 aromatic rings. The van der Waals surface area contributed by atoms with E-state index in [-0.39, 0.29) is 24.5 Å². The largest absolute Gasteiger partial charge is 0.444 e. The van der Waals surface area contributed by atoms with Crippen molar-refractivity contribution < 1.29 is 23.8 Å². The van der Waals surface area contributed by atoms with Crippen molar-refractivity contribution in [1.82, 2.24) is 19.6 Å². The van der Waals surface area contributed by atoms with Gasteiger partial charge < -0.3 is 24.0 Å². The second-order valence-corrected chi connectivity index (χ2v) is 10.5. The van der Waals surface area contributed by atoms with E-state index >= 15 is 0 Å². The van der Waals surface area contributed by atoms with Gasteiger partial charge in [-0.05, 0) is 58.6 Å². The number of rotatable bonds is 8. The van der Waals surface area contributed by atoms with Gasteiger partial charge in [0.2, 0.25) is 0 Å². The first kappa shape index (κ1) is 25.4. The number of fused-ring (bicyclic) bond motifs is 1. The fourth-order valence-corrected chi connectivity index (χ4v) is 4.54. The molecule has 0 N–H and O–H groups in total. The van der Waals surface area contributed by atoms with Crippen molar-refractivity contribution in [1.29, 1.82) is 0 Å². The third-order valence-corrected chi connectivity index (χ3v) is 6.48. The minimum Gasteiger partial charge on any atom is -0.444 e. The summed E-state index contributed by atoms with van der Waals surface area (Å²) in [5.74, 6) is -0.0676. The fourth-order valence-electron chi connectivity index (χ4n) is 4.54. The van der Waals surface area contributed by atoms with Gasteiger partial charge in [-0.2, -0.15) is 5.10 Å². The molecular formula is C26H38N4O5. The molecule has 1 unspecified atom stereocenters. The van der Waals surface area contributed by atoms with Crippen LogP contribution in [0, 0.1) is 0 Å². The highest BCUT2D eigenvalue weighted by Gasteiger charge is 2.42. The quantitative estimate of drug-likeness (QED) is 0.528. The highest BCUT2D eigenvalue weighted by Crippen LogP contribution is 2.36. The van der Waals surface area contributed by atoms with Gasteiger partial charge in [0.05, 0.1) is 30.9 Å². The molecular weight excluding hydrogens is 448 g/mol. The molecule has 2 aliphatic rings. The molecule has 1 aliphatic heterocycles. The van der Waals surface area contributed by atoms with Gasteiger partial charge in [-0.3, -0.25) is 9.48 Å². The van der Waals surface area contributed by atoms with Gasteiger partial charge in [-0.15, -0.1) is 0 Å². The predicted molar refractivity (Wildman–Crippen MR) is 132 cm³/mol. The normalized spacial score (nSPS) is 19.6.